The maximum absolute atomic E-state index is 12.9. The maximum Gasteiger partial charge on any atom is 0.406 e. The number of alkyl halides is 3. The normalized spacial score (nSPS) is 19.0. The number of benzene rings is 1. The Hall–Kier alpha value is -1.60. The fraction of sp³-hybridized carbons (Fsp3) is 0.500. The molecule has 21 heavy (non-hydrogen) atoms. The predicted octanol–water partition coefficient (Wildman–Crippen LogP) is 2.56. The number of ether oxygens (including phenoxy) is 1. The molecule has 0 radical (unpaired) electrons. The molecular formula is C14H16F3N3O. The molecule has 1 aliphatic rings. The Balaban J connectivity index is 2.14. The monoisotopic (exact) mass is 299 g/mol. The molecule has 3 rings (SSSR count). The van der Waals surface area contributed by atoms with Crippen molar-refractivity contribution in [2.45, 2.75) is 31.1 Å². The number of nitrogens with two attached hydrogens (primary N) is 1. The number of aromatic nitrogens is 2. The average Bonchev–Trinajstić information content (AvgIpc) is 2.78. The minimum atomic E-state index is -4.32. The topological polar surface area (TPSA) is 53.1 Å². The fourth-order valence-electron chi connectivity index (χ4n) is 2.75. The van der Waals surface area contributed by atoms with Crippen LogP contribution in [0.4, 0.5) is 13.2 Å². The minimum Gasteiger partial charge on any atom is -0.381 e. The van der Waals surface area contributed by atoms with Crippen molar-refractivity contribution in [1.82, 2.24) is 9.55 Å². The number of hydrogen-bond acceptors (Lipinski definition) is 3. The average molecular weight is 299 g/mol. The smallest absolute Gasteiger partial charge is 0.381 e. The summed E-state index contributed by atoms with van der Waals surface area (Å²) >= 11 is 0. The molecule has 7 heteroatoms. The highest BCUT2D eigenvalue weighted by molar-refractivity contribution is 5.76. The Labute approximate surface area is 119 Å². The molecule has 0 spiro atoms. The first-order valence-electron chi connectivity index (χ1n) is 6.78. The van der Waals surface area contributed by atoms with Crippen molar-refractivity contribution in [2.24, 2.45) is 5.73 Å². The van der Waals surface area contributed by atoms with Crippen molar-refractivity contribution < 1.29 is 17.9 Å². The third-order valence-electron chi connectivity index (χ3n) is 3.82. The largest absolute Gasteiger partial charge is 0.406 e. The van der Waals surface area contributed by atoms with E-state index < -0.39 is 18.3 Å². The van der Waals surface area contributed by atoms with E-state index in [0.717, 1.165) is 0 Å². The zero-order chi connectivity index (χ0) is 15.1. The fourth-order valence-corrected chi connectivity index (χ4v) is 2.75. The maximum atomic E-state index is 12.9. The van der Waals surface area contributed by atoms with Gasteiger partial charge in [-0.1, -0.05) is 12.1 Å². The summed E-state index contributed by atoms with van der Waals surface area (Å²) in [4.78, 5) is 4.37. The van der Waals surface area contributed by atoms with Crippen molar-refractivity contribution in [3.8, 4) is 0 Å². The van der Waals surface area contributed by atoms with Crippen LogP contribution < -0.4 is 5.73 Å². The molecule has 0 aliphatic carbocycles. The van der Waals surface area contributed by atoms with Gasteiger partial charge in [0.25, 0.3) is 0 Å². The van der Waals surface area contributed by atoms with Gasteiger partial charge >= 0.3 is 6.18 Å². The first-order valence-corrected chi connectivity index (χ1v) is 6.78. The lowest BCUT2D eigenvalue weighted by Crippen LogP contribution is -2.45. The molecule has 1 saturated heterocycles. The molecule has 2 heterocycles. The predicted molar refractivity (Wildman–Crippen MR) is 71.7 cm³/mol. The van der Waals surface area contributed by atoms with Crippen molar-refractivity contribution in [1.29, 1.82) is 0 Å². The molecule has 114 valence electrons. The van der Waals surface area contributed by atoms with Gasteiger partial charge in [0, 0.05) is 13.2 Å². The van der Waals surface area contributed by atoms with Crippen molar-refractivity contribution in [3.05, 3.63) is 30.1 Å². The van der Waals surface area contributed by atoms with Gasteiger partial charge in [-0.3, -0.25) is 0 Å². The van der Waals surface area contributed by atoms with E-state index in [1.807, 2.05) is 0 Å². The third kappa shape index (κ3) is 2.75. The number of para-hydroxylation sites is 2. The Bertz CT molecular complexity index is 644. The first kappa shape index (κ1) is 14.3. The number of halogens is 3. The highest BCUT2D eigenvalue weighted by Crippen LogP contribution is 2.33. The summed E-state index contributed by atoms with van der Waals surface area (Å²) in [6.07, 6.45) is -3.39. The first-order chi connectivity index (χ1) is 9.89. The Kier molecular flexibility index (Phi) is 3.41. The Morgan fingerprint density at radius 1 is 1.24 bits per heavy atom. The van der Waals surface area contributed by atoms with E-state index in [1.54, 1.807) is 24.3 Å². The molecule has 0 amide bonds. The van der Waals surface area contributed by atoms with Crippen molar-refractivity contribution in [3.63, 3.8) is 0 Å². The van der Waals surface area contributed by atoms with Crippen LogP contribution in [-0.2, 0) is 16.8 Å². The van der Waals surface area contributed by atoms with Crippen LogP contribution in [0.15, 0.2) is 24.3 Å². The summed E-state index contributed by atoms with van der Waals surface area (Å²) in [5.41, 5.74) is 6.46. The second-order valence-electron chi connectivity index (χ2n) is 5.39. The van der Waals surface area contributed by atoms with Crippen LogP contribution in [0, 0.1) is 0 Å². The van der Waals surface area contributed by atoms with Gasteiger partial charge in [-0.2, -0.15) is 13.2 Å². The van der Waals surface area contributed by atoms with Crippen molar-refractivity contribution in [2.75, 3.05) is 13.2 Å². The van der Waals surface area contributed by atoms with Gasteiger partial charge in [-0.05, 0) is 25.0 Å². The van der Waals surface area contributed by atoms with Gasteiger partial charge in [0.15, 0.2) is 0 Å². The van der Waals surface area contributed by atoms with E-state index >= 15 is 0 Å². The van der Waals surface area contributed by atoms with E-state index in [1.165, 1.54) is 4.57 Å². The third-order valence-corrected chi connectivity index (χ3v) is 3.82. The molecule has 1 aliphatic heterocycles. The number of imidazole rings is 1. The second kappa shape index (κ2) is 4.99. The van der Waals surface area contributed by atoms with Gasteiger partial charge in [0.2, 0.25) is 0 Å². The van der Waals surface area contributed by atoms with Crippen molar-refractivity contribution >= 4 is 11.0 Å². The van der Waals surface area contributed by atoms with Crippen LogP contribution in [0.3, 0.4) is 0 Å². The van der Waals surface area contributed by atoms with E-state index in [9.17, 15) is 13.2 Å². The number of rotatable bonds is 2. The van der Waals surface area contributed by atoms with E-state index in [4.69, 9.17) is 10.5 Å². The number of nitrogens with zero attached hydrogens (tertiary/aromatic N) is 2. The quantitative estimate of drug-likeness (QED) is 0.927. The minimum absolute atomic E-state index is 0.296. The zero-order valence-electron chi connectivity index (χ0n) is 11.4. The van der Waals surface area contributed by atoms with Crippen LogP contribution in [0.2, 0.25) is 0 Å². The Morgan fingerprint density at radius 3 is 2.57 bits per heavy atom. The number of fused-ring (bicyclic) bond motifs is 1. The van der Waals surface area contributed by atoms with Crippen LogP contribution in [0.5, 0.6) is 0 Å². The molecule has 0 atom stereocenters. The van der Waals surface area contributed by atoms with Crippen LogP contribution >= 0.6 is 0 Å². The molecule has 0 unspecified atom stereocenters. The lowest BCUT2D eigenvalue weighted by molar-refractivity contribution is -0.140. The highest BCUT2D eigenvalue weighted by Gasteiger charge is 2.38. The van der Waals surface area contributed by atoms with Gasteiger partial charge < -0.3 is 15.0 Å². The highest BCUT2D eigenvalue weighted by atomic mass is 19.4. The molecule has 4 nitrogen and oxygen atoms in total. The lowest BCUT2D eigenvalue weighted by atomic mass is 9.90. The summed E-state index contributed by atoms with van der Waals surface area (Å²) in [5, 5.41) is 0. The van der Waals surface area contributed by atoms with Gasteiger partial charge in [0.05, 0.1) is 16.6 Å². The van der Waals surface area contributed by atoms with Gasteiger partial charge in [-0.15, -0.1) is 0 Å². The van der Waals surface area contributed by atoms with Gasteiger partial charge in [0.1, 0.15) is 12.4 Å². The van der Waals surface area contributed by atoms with E-state index in [0.29, 0.717) is 42.9 Å². The molecule has 2 N–H and O–H groups in total. The molecule has 1 aromatic heterocycles. The summed E-state index contributed by atoms with van der Waals surface area (Å²) in [5.74, 6) is 0.296. The Morgan fingerprint density at radius 2 is 1.90 bits per heavy atom. The summed E-state index contributed by atoms with van der Waals surface area (Å²) in [7, 11) is 0. The molecule has 1 fully saturated rings. The molecular weight excluding hydrogens is 283 g/mol. The van der Waals surface area contributed by atoms with Crippen LogP contribution in [0.1, 0.15) is 18.7 Å². The summed E-state index contributed by atoms with van der Waals surface area (Å²) in [6.45, 7) is -0.208. The van der Waals surface area contributed by atoms with Crippen LogP contribution in [0.25, 0.3) is 11.0 Å². The van der Waals surface area contributed by atoms with Crippen LogP contribution in [-0.4, -0.2) is 28.9 Å². The molecule has 0 bridgehead atoms. The standard InChI is InChI=1S/C14H16F3N3O/c15-14(16,17)9-20-11-4-2-1-3-10(11)19-12(20)13(18)5-7-21-8-6-13/h1-4H,5-9,18H2. The summed E-state index contributed by atoms with van der Waals surface area (Å²) < 4.78 is 45.2. The zero-order valence-corrected chi connectivity index (χ0v) is 11.4. The number of hydrogen-bond donors (Lipinski definition) is 1. The van der Waals surface area contributed by atoms with Gasteiger partial charge in [-0.25, -0.2) is 4.98 Å². The molecule has 2 aromatic rings. The lowest BCUT2D eigenvalue weighted by Gasteiger charge is -2.33. The van der Waals surface area contributed by atoms with E-state index in [-0.39, 0.29) is 0 Å². The molecule has 1 aromatic carbocycles. The summed E-state index contributed by atoms with van der Waals surface area (Å²) in [6, 6.07) is 6.80. The molecule has 0 saturated carbocycles. The second-order valence-corrected chi connectivity index (χ2v) is 5.39. The SMILES string of the molecule is NC1(c2nc3ccccc3n2CC(F)(F)F)CCOCC1. The van der Waals surface area contributed by atoms with E-state index in [2.05, 4.69) is 4.98 Å².